The van der Waals surface area contributed by atoms with Crippen LogP contribution in [0.4, 0.5) is 4.79 Å². The molecule has 172 valence electrons. The summed E-state index contributed by atoms with van der Waals surface area (Å²) in [6.45, 7) is 2.15. The highest BCUT2D eigenvalue weighted by atomic mass is 16.5. The van der Waals surface area contributed by atoms with Crippen molar-refractivity contribution < 1.29 is 24.2 Å². The van der Waals surface area contributed by atoms with Gasteiger partial charge in [0, 0.05) is 19.0 Å². The first kappa shape index (κ1) is 21.5. The van der Waals surface area contributed by atoms with Gasteiger partial charge in [0.15, 0.2) is 0 Å². The van der Waals surface area contributed by atoms with Crippen LogP contribution in [0.15, 0.2) is 48.5 Å². The number of carbonyl (C=O) groups excluding carboxylic acids is 2. The predicted molar refractivity (Wildman–Crippen MR) is 122 cm³/mol. The lowest BCUT2D eigenvalue weighted by atomic mass is 9.80. The van der Waals surface area contributed by atoms with E-state index in [1.165, 1.54) is 0 Å². The van der Waals surface area contributed by atoms with Gasteiger partial charge in [0.1, 0.15) is 17.6 Å². The van der Waals surface area contributed by atoms with E-state index < -0.39 is 23.0 Å². The zero-order chi connectivity index (χ0) is 23.2. The number of fused-ring (bicyclic) bond motifs is 3. The zero-order valence-electron chi connectivity index (χ0n) is 18.7. The highest BCUT2D eigenvalue weighted by molar-refractivity contribution is 5.92. The van der Waals surface area contributed by atoms with Crippen molar-refractivity contribution in [3.63, 3.8) is 0 Å². The van der Waals surface area contributed by atoms with Gasteiger partial charge in [-0.1, -0.05) is 61.4 Å². The maximum Gasteiger partial charge on any atom is 0.408 e. The average molecular weight is 449 g/mol. The lowest BCUT2D eigenvalue weighted by molar-refractivity contribution is -0.166. The van der Waals surface area contributed by atoms with Gasteiger partial charge in [0.25, 0.3) is 0 Å². The summed E-state index contributed by atoms with van der Waals surface area (Å²) >= 11 is 0. The number of carboxylic acid groups (broad SMARTS) is 1. The first-order valence-corrected chi connectivity index (χ1v) is 11.5. The van der Waals surface area contributed by atoms with Crippen molar-refractivity contribution in [1.29, 1.82) is 0 Å². The van der Waals surface area contributed by atoms with E-state index in [0.717, 1.165) is 35.1 Å². The van der Waals surface area contributed by atoms with Crippen LogP contribution in [0.3, 0.4) is 0 Å². The number of nitrogens with zero attached hydrogens (tertiary/aromatic N) is 1. The van der Waals surface area contributed by atoms with Gasteiger partial charge in [-0.05, 0) is 42.0 Å². The molecule has 7 heteroatoms. The number of nitrogens with one attached hydrogen (secondary N) is 1. The molecule has 1 saturated carbocycles. The molecule has 0 atom stereocenters. The molecule has 5 rings (SSSR count). The van der Waals surface area contributed by atoms with Crippen LogP contribution in [0, 0.1) is 5.41 Å². The van der Waals surface area contributed by atoms with Crippen LogP contribution >= 0.6 is 0 Å². The average Bonchev–Trinajstić information content (AvgIpc) is 3.38. The molecule has 3 aliphatic rings. The number of aliphatic carboxylic acids is 1. The minimum atomic E-state index is -1.01. The maximum atomic E-state index is 13.2. The Hall–Kier alpha value is -3.35. The van der Waals surface area contributed by atoms with E-state index in [1.807, 2.05) is 24.3 Å². The Morgan fingerprint density at radius 2 is 1.55 bits per heavy atom. The molecule has 2 aromatic rings. The second kappa shape index (κ2) is 7.90. The van der Waals surface area contributed by atoms with Crippen LogP contribution in [0.25, 0.3) is 11.1 Å². The highest BCUT2D eigenvalue weighted by Gasteiger charge is 2.53. The number of carbonyl (C=O) groups is 3. The van der Waals surface area contributed by atoms with Crippen molar-refractivity contribution in [2.75, 3.05) is 19.7 Å². The van der Waals surface area contributed by atoms with E-state index >= 15 is 0 Å². The predicted octanol–water partition coefficient (Wildman–Crippen LogP) is 3.77. The molecule has 0 unspecified atom stereocenters. The summed E-state index contributed by atoms with van der Waals surface area (Å²) in [5.41, 5.74) is 2.65. The number of ether oxygens (including phenoxy) is 1. The van der Waals surface area contributed by atoms with E-state index in [4.69, 9.17) is 4.74 Å². The third-order valence-corrected chi connectivity index (χ3v) is 7.43. The minimum Gasteiger partial charge on any atom is -0.481 e. The van der Waals surface area contributed by atoms with E-state index in [9.17, 15) is 19.5 Å². The number of hydrogen-bond donors (Lipinski definition) is 2. The van der Waals surface area contributed by atoms with Crippen molar-refractivity contribution in [2.24, 2.45) is 5.41 Å². The van der Waals surface area contributed by atoms with Gasteiger partial charge in [-0.2, -0.15) is 0 Å². The number of alkyl carbamates (subject to hydrolysis) is 1. The van der Waals surface area contributed by atoms with Crippen LogP contribution in [-0.4, -0.2) is 53.2 Å². The van der Waals surface area contributed by atoms with Crippen LogP contribution in [0.5, 0.6) is 0 Å². The lowest BCUT2D eigenvalue weighted by Gasteiger charge is -2.48. The molecule has 2 aliphatic carbocycles. The summed E-state index contributed by atoms with van der Waals surface area (Å²) < 4.78 is 5.67. The molecule has 0 radical (unpaired) electrons. The fraction of sp³-hybridized carbons (Fsp3) is 0.423. The Kier molecular flexibility index (Phi) is 5.15. The second-order valence-corrected chi connectivity index (χ2v) is 9.77. The molecule has 2 fully saturated rings. The minimum absolute atomic E-state index is 0.0509. The molecule has 2 aromatic carbocycles. The molecule has 0 aromatic heterocycles. The number of rotatable bonds is 5. The van der Waals surface area contributed by atoms with Crippen LogP contribution in [-0.2, 0) is 14.3 Å². The molecule has 33 heavy (non-hydrogen) atoms. The second-order valence-electron chi connectivity index (χ2n) is 9.77. The number of carboxylic acids is 1. The van der Waals surface area contributed by atoms with Gasteiger partial charge in [0.05, 0.1) is 0 Å². The molecular weight excluding hydrogens is 420 g/mol. The fourth-order valence-electron chi connectivity index (χ4n) is 5.58. The molecule has 7 nitrogen and oxygen atoms in total. The van der Waals surface area contributed by atoms with Crippen molar-refractivity contribution >= 4 is 18.0 Å². The van der Waals surface area contributed by atoms with Gasteiger partial charge < -0.3 is 20.1 Å². The normalized spacial score (nSPS) is 19.8. The summed E-state index contributed by atoms with van der Waals surface area (Å²) in [4.78, 5) is 39.1. The number of benzene rings is 2. The van der Waals surface area contributed by atoms with Crippen molar-refractivity contribution in [2.45, 2.75) is 44.1 Å². The van der Waals surface area contributed by atoms with Gasteiger partial charge in [-0.3, -0.25) is 9.59 Å². The van der Waals surface area contributed by atoms with Crippen molar-refractivity contribution in [3.8, 4) is 11.1 Å². The Bertz CT molecular complexity index is 1070. The molecule has 0 spiro atoms. The molecular formula is C26H28N2O5. The first-order chi connectivity index (χ1) is 15.8. The van der Waals surface area contributed by atoms with E-state index in [0.29, 0.717) is 12.8 Å². The van der Waals surface area contributed by atoms with E-state index in [1.54, 1.807) is 11.8 Å². The standard InChI is InChI=1S/C26H28N2O5/c1-25(23(30)31)15-28(16-25)22(29)26(12-6-7-13-26)27-24(32)33-14-21-19-10-4-2-8-17(19)18-9-3-5-11-20(18)21/h2-5,8-11,21H,6-7,12-16H2,1H3,(H,27,32)(H,30,31). The summed E-state index contributed by atoms with van der Waals surface area (Å²) in [6, 6.07) is 16.3. The SMILES string of the molecule is CC1(C(=O)O)CN(C(=O)C2(NC(=O)OCC3c4ccccc4-c4ccccc43)CCCC2)C1. The summed E-state index contributed by atoms with van der Waals surface area (Å²) in [6.07, 6.45) is 2.14. The summed E-state index contributed by atoms with van der Waals surface area (Å²) in [5.74, 6) is -1.16. The van der Waals surface area contributed by atoms with Crippen LogP contribution in [0.2, 0.25) is 0 Å². The van der Waals surface area contributed by atoms with Gasteiger partial charge in [-0.25, -0.2) is 4.79 Å². The third-order valence-electron chi connectivity index (χ3n) is 7.43. The van der Waals surface area contributed by atoms with E-state index in [-0.39, 0.29) is 31.5 Å². The molecule has 0 bridgehead atoms. The van der Waals surface area contributed by atoms with Crippen molar-refractivity contribution in [3.05, 3.63) is 59.7 Å². The molecule has 2 N–H and O–H groups in total. The van der Waals surface area contributed by atoms with Gasteiger partial charge >= 0.3 is 12.1 Å². The smallest absolute Gasteiger partial charge is 0.408 e. The lowest BCUT2D eigenvalue weighted by Crippen LogP contribution is -2.67. The molecule has 1 saturated heterocycles. The largest absolute Gasteiger partial charge is 0.481 e. The van der Waals surface area contributed by atoms with E-state index in [2.05, 4.69) is 29.6 Å². The summed E-state index contributed by atoms with van der Waals surface area (Å²) in [5, 5.41) is 12.2. The zero-order valence-corrected chi connectivity index (χ0v) is 18.7. The molecule has 2 amide bonds. The Morgan fingerprint density at radius 1 is 1.00 bits per heavy atom. The van der Waals surface area contributed by atoms with Crippen LogP contribution in [0.1, 0.15) is 49.7 Å². The van der Waals surface area contributed by atoms with Crippen molar-refractivity contribution in [1.82, 2.24) is 10.2 Å². The first-order valence-electron chi connectivity index (χ1n) is 11.5. The molecule has 1 aliphatic heterocycles. The Morgan fingerprint density at radius 3 is 2.09 bits per heavy atom. The third kappa shape index (κ3) is 3.56. The summed E-state index contributed by atoms with van der Waals surface area (Å²) in [7, 11) is 0. The Labute approximate surface area is 192 Å². The maximum absolute atomic E-state index is 13.2. The topological polar surface area (TPSA) is 95.9 Å². The van der Waals surface area contributed by atoms with Crippen LogP contribution < -0.4 is 5.32 Å². The quantitative estimate of drug-likeness (QED) is 0.726. The molecule has 1 heterocycles. The highest BCUT2D eigenvalue weighted by Crippen LogP contribution is 2.44. The number of likely N-dealkylation sites (tertiary alicyclic amines) is 1. The number of hydrogen-bond acceptors (Lipinski definition) is 4. The monoisotopic (exact) mass is 448 g/mol. The Balaban J connectivity index is 1.27. The van der Waals surface area contributed by atoms with Gasteiger partial charge in [-0.15, -0.1) is 0 Å². The number of amides is 2. The van der Waals surface area contributed by atoms with Gasteiger partial charge in [0.2, 0.25) is 5.91 Å². The fourth-order valence-corrected chi connectivity index (χ4v) is 5.58.